The number of rotatable bonds is 5. The van der Waals surface area contributed by atoms with E-state index in [9.17, 15) is 0 Å². The molecule has 0 spiro atoms. The Morgan fingerprint density at radius 3 is 2.72 bits per heavy atom. The lowest BCUT2D eigenvalue weighted by Crippen LogP contribution is -1.97. The molecule has 1 aromatic carbocycles. The molecule has 0 aromatic heterocycles. The van der Waals surface area contributed by atoms with Crippen LogP contribution in [0.4, 0.5) is 0 Å². The third kappa shape index (κ3) is 3.35. The smallest absolute Gasteiger partial charge is 0.184 e. The zero-order chi connectivity index (χ0) is 12.8. The molecule has 3 heteroatoms. The average molecular weight is 260 g/mol. The number of allylic oxidation sites excluding steroid dienone is 3. The Balaban J connectivity index is 2.13. The Kier molecular flexibility index (Phi) is 4.81. The molecule has 18 heavy (non-hydrogen) atoms. The van der Waals surface area contributed by atoms with Gasteiger partial charge in [0.05, 0.1) is 13.2 Å². The van der Waals surface area contributed by atoms with Crippen LogP contribution >= 0.6 is 11.8 Å². The van der Waals surface area contributed by atoms with Gasteiger partial charge in [-0.05, 0) is 18.2 Å². The lowest BCUT2D eigenvalue weighted by atomic mass is 10.2. The van der Waals surface area contributed by atoms with Gasteiger partial charge in [0.1, 0.15) is 0 Å². The van der Waals surface area contributed by atoms with E-state index in [1.807, 2.05) is 24.3 Å². The second kappa shape index (κ2) is 6.59. The maximum atomic E-state index is 5.49. The second-order valence-electron chi connectivity index (χ2n) is 3.76. The summed E-state index contributed by atoms with van der Waals surface area (Å²) in [5, 5.41) is 0. The van der Waals surface area contributed by atoms with Crippen LogP contribution in [0.15, 0.2) is 65.5 Å². The summed E-state index contributed by atoms with van der Waals surface area (Å²) in [6.45, 7) is 8.81. The van der Waals surface area contributed by atoms with E-state index < -0.39 is 0 Å². The summed E-state index contributed by atoms with van der Waals surface area (Å²) in [6, 6.07) is 8.17. The van der Waals surface area contributed by atoms with Crippen molar-refractivity contribution in [3.05, 3.63) is 66.1 Å². The van der Waals surface area contributed by atoms with Crippen LogP contribution in [0.5, 0.6) is 0 Å². The summed E-state index contributed by atoms with van der Waals surface area (Å²) in [7, 11) is 0. The fraction of sp³-hybridized carbons (Fsp3) is 0.200. The van der Waals surface area contributed by atoms with Crippen molar-refractivity contribution >= 4 is 11.8 Å². The van der Waals surface area contributed by atoms with Crippen LogP contribution in [-0.4, -0.2) is 13.2 Å². The number of ether oxygens (including phenoxy) is 2. The van der Waals surface area contributed by atoms with Crippen molar-refractivity contribution in [1.29, 1.82) is 0 Å². The van der Waals surface area contributed by atoms with Gasteiger partial charge in [-0.3, -0.25) is 0 Å². The van der Waals surface area contributed by atoms with E-state index in [1.165, 1.54) is 0 Å². The number of hydrogen-bond acceptors (Lipinski definition) is 3. The minimum absolute atomic E-state index is 0.221. The standard InChI is InChI=1S/C15H16O2S/c1-3-6-13(4-2)18-14-8-5-7-12(11-14)15-16-9-10-17-15/h3-8,11,15H,1-2,9-10H2/b13-6+. The minimum atomic E-state index is -0.221. The Morgan fingerprint density at radius 2 is 2.06 bits per heavy atom. The van der Waals surface area contributed by atoms with E-state index >= 15 is 0 Å². The molecule has 1 aliphatic heterocycles. The fourth-order valence-corrected chi connectivity index (χ4v) is 2.53. The largest absolute Gasteiger partial charge is 0.346 e. The van der Waals surface area contributed by atoms with Gasteiger partial charge in [-0.15, -0.1) is 0 Å². The third-order valence-electron chi connectivity index (χ3n) is 2.47. The van der Waals surface area contributed by atoms with E-state index in [4.69, 9.17) is 9.47 Å². The third-order valence-corrected chi connectivity index (χ3v) is 3.50. The van der Waals surface area contributed by atoms with E-state index in [-0.39, 0.29) is 6.29 Å². The average Bonchev–Trinajstić information content (AvgIpc) is 2.92. The van der Waals surface area contributed by atoms with Gasteiger partial charge in [0.25, 0.3) is 0 Å². The second-order valence-corrected chi connectivity index (χ2v) is 4.90. The lowest BCUT2D eigenvalue weighted by molar-refractivity contribution is -0.0442. The summed E-state index contributed by atoms with van der Waals surface area (Å²) in [5.41, 5.74) is 1.06. The Bertz CT molecular complexity index is 459. The predicted octanol–water partition coefficient (Wildman–Crippen LogP) is 4.08. The van der Waals surface area contributed by atoms with Crippen molar-refractivity contribution in [3.8, 4) is 0 Å². The monoisotopic (exact) mass is 260 g/mol. The maximum Gasteiger partial charge on any atom is 0.184 e. The van der Waals surface area contributed by atoms with E-state index in [0.717, 1.165) is 15.4 Å². The highest BCUT2D eigenvalue weighted by Gasteiger charge is 2.18. The molecule has 0 unspecified atom stereocenters. The molecule has 2 rings (SSSR count). The molecule has 0 bridgehead atoms. The molecule has 0 N–H and O–H groups in total. The van der Waals surface area contributed by atoms with Crippen molar-refractivity contribution in [2.75, 3.05) is 13.2 Å². The van der Waals surface area contributed by atoms with Gasteiger partial charge < -0.3 is 9.47 Å². The topological polar surface area (TPSA) is 18.5 Å². The molecule has 94 valence electrons. The van der Waals surface area contributed by atoms with E-state index in [0.29, 0.717) is 13.2 Å². The van der Waals surface area contributed by atoms with Gasteiger partial charge in [-0.25, -0.2) is 0 Å². The van der Waals surface area contributed by atoms with E-state index in [1.54, 1.807) is 17.8 Å². The summed E-state index contributed by atoms with van der Waals surface area (Å²) in [6.07, 6.45) is 5.30. The van der Waals surface area contributed by atoms with Crippen LogP contribution in [0, 0.1) is 0 Å². The number of thioether (sulfide) groups is 1. The Hall–Kier alpha value is -1.29. The van der Waals surface area contributed by atoms with Gasteiger partial charge >= 0.3 is 0 Å². The molecule has 0 saturated carbocycles. The minimum Gasteiger partial charge on any atom is -0.346 e. The summed E-state index contributed by atoms with van der Waals surface area (Å²) < 4.78 is 11.0. The van der Waals surface area contributed by atoms with Crippen LogP contribution in [0.2, 0.25) is 0 Å². The first-order valence-corrected chi connectivity index (χ1v) is 6.61. The molecule has 0 atom stereocenters. The van der Waals surface area contributed by atoms with Crippen LogP contribution in [0.25, 0.3) is 0 Å². The molecule has 1 saturated heterocycles. The quantitative estimate of drug-likeness (QED) is 0.587. The first kappa shape index (κ1) is 13.1. The van der Waals surface area contributed by atoms with Gasteiger partial charge in [-0.1, -0.05) is 49.2 Å². The van der Waals surface area contributed by atoms with Crippen molar-refractivity contribution in [2.24, 2.45) is 0 Å². The highest BCUT2D eigenvalue weighted by atomic mass is 32.2. The summed E-state index contributed by atoms with van der Waals surface area (Å²) in [5.74, 6) is 0. The van der Waals surface area contributed by atoms with Gasteiger partial charge in [0.15, 0.2) is 6.29 Å². The van der Waals surface area contributed by atoms with Gasteiger partial charge in [-0.2, -0.15) is 0 Å². The van der Waals surface area contributed by atoms with Crippen LogP contribution < -0.4 is 0 Å². The van der Waals surface area contributed by atoms with Gasteiger partial charge in [0, 0.05) is 15.4 Å². The number of hydrogen-bond donors (Lipinski definition) is 0. The van der Waals surface area contributed by atoms with Crippen LogP contribution in [0.1, 0.15) is 11.9 Å². The summed E-state index contributed by atoms with van der Waals surface area (Å²) >= 11 is 1.65. The fourth-order valence-electron chi connectivity index (χ4n) is 1.67. The molecule has 1 aromatic rings. The Morgan fingerprint density at radius 1 is 1.28 bits per heavy atom. The molecule has 2 nitrogen and oxygen atoms in total. The molecule has 0 amide bonds. The molecule has 0 aliphatic carbocycles. The van der Waals surface area contributed by atoms with Crippen molar-refractivity contribution < 1.29 is 9.47 Å². The van der Waals surface area contributed by atoms with Crippen LogP contribution in [-0.2, 0) is 9.47 Å². The summed E-state index contributed by atoms with van der Waals surface area (Å²) in [4.78, 5) is 2.20. The highest BCUT2D eigenvalue weighted by Crippen LogP contribution is 2.31. The Labute approximate surface area is 112 Å². The molecule has 1 heterocycles. The first-order chi connectivity index (χ1) is 8.83. The highest BCUT2D eigenvalue weighted by molar-refractivity contribution is 8.03. The molecule has 1 fully saturated rings. The molecular weight excluding hydrogens is 244 g/mol. The zero-order valence-electron chi connectivity index (χ0n) is 10.2. The predicted molar refractivity (Wildman–Crippen MR) is 75.4 cm³/mol. The van der Waals surface area contributed by atoms with E-state index in [2.05, 4.69) is 25.3 Å². The van der Waals surface area contributed by atoms with Crippen LogP contribution in [0.3, 0.4) is 0 Å². The SMILES string of the molecule is C=C/C=C(\C=C)Sc1cccc(C2OCCO2)c1. The maximum absolute atomic E-state index is 5.49. The molecule has 1 aliphatic rings. The molecular formula is C15H16O2S. The first-order valence-electron chi connectivity index (χ1n) is 5.79. The number of benzene rings is 1. The zero-order valence-corrected chi connectivity index (χ0v) is 11.0. The van der Waals surface area contributed by atoms with Crippen molar-refractivity contribution in [3.63, 3.8) is 0 Å². The normalized spacial score (nSPS) is 16.8. The molecule has 0 radical (unpaired) electrons. The van der Waals surface area contributed by atoms with Crippen molar-refractivity contribution in [2.45, 2.75) is 11.2 Å². The van der Waals surface area contributed by atoms with Gasteiger partial charge in [0.2, 0.25) is 0 Å². The lowest BCUT2D eigenvalue weighted by Gasteiger charge is -2.10. The van der Waals surface area contributed by atoms with Crippen molar-refractivity contribution in [1.82, 2.24) is 0 Å².